The van der Waals surface area contributed by atoms with Crippen LogP contribution in [-0.2, 0) is 10.4 Å². The fourth-order valence-corrected chi connectivity index (χ4v) is 3.43. The molecule has 4 nitrogen and oxygen atoms in total. The fourth-order valence-electron chi connectivity index (χ4n) is 3.43. The Hall–Kier alpha value is -2.98. The molecule has 1 amide bonds. The molecule has 0 radical (unpaired) electrons. The normalized spacial score (nSPS) is 18.9. The lowest BCUT2D eigenvalue weighted by Crippen LogP contribution is -2.36. The summed E-state index contributed by atoms with van der Waals surface area (Å²) in [6.45, 7) is 1.88. The lowest BCUT2D eigenvalue weighted by atomic mass is 9.86. The Labute approximate surface area is 145 Å². The van der Waals surface area contributed by atoms with E-state index in [1.807, 2.05) is 49.4 Å². The van der Waals surface area contributed by atoms with Gasteiger partial charge < -0.3 is 10.4 Å². The molecule has 3 aromatic rings. The number of carbonyl (C=O) groups is 2. The minimum atomic E-state index is -1.84. The molecule has 124 valence electrons. The average Bonchev–Trinajstić information content (AvgIpc) is 2.85. The second-order valence-electron chi connectivity index (χ2n) is 6.49. The summed E-state index contributed by atoms with van der Waals surface area (Å²) in [7, 11) is 0. The molecule has 3 aromatic carbocycles. The Morgan fingerprint density at radius 1 is 1.08 bits per heavy atom. The predicted molar refractivity (Wildman–Crippen MR) is 96.6 cm³/mol. The number of aliphatic hydroxyl groups is 1. The lowest BCUT2D eigenvalue weighted by Gasteiger charge is -2.20. The molecule has 2 N–H and O–H groups in total. The molecule has 4 heteroatoms. The van der Waals surface area contributed by atoms with Crippen molar-refractivity contribution in [2.75, 3.05) is 5.32 Å². The highest BCUT2D eigenvalue weighted by molar-refractivity contribution is 6.13. The maximum atomic E-state index is 12.9. The molecular formula is C21H17NO3. The van der Waals surface area contributed by atoms with Gasteiger partial charge in [-0.2, -0.15) is 0 Å². The SMILES string of the molecule is Cc1ccc2c(c1)[C@@](O)(CC(=O)c1cccc3ccccc13)C(=O)N2. The van der Waals surface area contributed by atoms with Crippen molar-refractivity contribution >= 4 is 28.2 Å². The van der Waals surface area contributed by atoms with Gasteiger partial charge >= 0.3 is 0 Å². The van der Waals surface area contributed by atoms with Crippen LogP contribution in [0, 0.1) is 6.92 Å². The summed E-state index contributed by atoms with van der Waals surface area (Å²) in [4.78, 5) is 25.3. The number of fused-ring (bicyclic) bond motifs is 2. The van der Waals surface area contributed by atoms with Crippen LogP contribution in [0.25, 0.3) is 10.8 Å². The Morgan fingerprint density at radius 3 is 2.68 bits per heavy atom. The molecule has 0 spiro atoms. The molecule has 0 saturated carbocycles. The topological polar surface area (TPSA) is 66.4 Å². The number of Topliss-reactive ketones (excluding diaryl/α,β-unsaturated/α-hetero) is 1. The standard InChI is InChI=1S/C21H17NO3/c1-13-9-10-18-17(11-13)21(25,20(24)22-18)12-19(23)16-8-4-6-14-5-2-3-7-15(14)16/h2-11,25H,12H2,1H3,(H,22,24)/t21-/m0/s1. The van der Waals surface area contributed by atoms with Crippen LogP contribution >= 0.6 is 0 Å². The van der Waals surface area contributed by atoms with Gasteiger partial charge in [0, 0.05) is 16.8 Å². The lowest BCUT2D eigenvalue weighted by molar-refractivity contribution is -0.133. The number of ketones is 1. The van der Waals surface area contributed by atoms with E-state index in [-0.39, 0.29) is 12.2 Å². The van der Waals surface area contributed by atoms with Crippen LogP contribution in [-0.4, -0.2) is 16.8 Å². The van der Waals surface area contributed by atoms with E-state index in [0.29, 0.717) is 16.8 Å². The first-order valence-corrected chi connectivity index (χ1v) is 8.15. The highest BCUT2D eigenvalue weighted by Crippen LogP contribution is 2.39. The van der Waals surface area contributed by atoms with Gasteiger partial charge in [0.2, 0.25) is 0 Å². The second kappa shape index (κ2) is 5.53. The quantitative estimate of drug-likeness (QED) is 0.721. The summed E-state index contributed by atoms with van der Waals surface area (Å²) in [6.07, 6.45) is -0.288. The summed E-state index contributed by atoms with van der Waals surface area (Å²) in [5, 5.41) is 15.4. The Kier molecular flexibility index (Phi) is 3.44. The highest BCUT2D eigenvalue weighted by Gasteiger charge is 2.46. The smallest absolute Gasteiger partial charge is 0.261 e. The number of carbonyl (C=O) groups excluding carboxylic acids is 2. The van der Waals surface area contributed by atoms with Gasteiger partial charge in [0.25, 0.3) is 5.91 Å². The van der Waals surface area contributed by atoms with Gasteiger partial charge in [-0.15, -0.1) is 0 Å². The number of anilines is 1. The zero-order chi connectivity index (χ0) is 17.6. The monoisotopic (exact) mass is 331 g/mol. The summed E-state index contributed by atoms with van der Waals surface area (Å²) in [6, 6.07) is 18.4. The molecule has 1 atom stereocenters. The summed E-state index contributed by atoms with van der Waals surface area (Å²) in [5.74, 6) is -0.814. The van der Waals surface area contributed by atoms with E-state index in [1.54, 1.807) is 18.2 Å². The van der Waals surface area contributed by atoms with Crippen molar-refractivity contribution in [3.63, 3.8) is 0 Å². The molecule has 0 aromatic heterocycles. The molecule has 25 heavy (non-hydrogen) atoms. The van der Waals surface area contributed by atoms with Gasteiger partial charge in [0.05, 0.1) is 6.42 Å². The fraction of sp³-hybridized carbons (Fsp3) is 0.143. The number of amides is 1. The molecule has 1 aliphatic rings. The van der Waals surface area contributed by atoms with Crippen molar-refractivity contribution in [3.05, 3.63) is 77.4 Å². The number of nitrogens with one attached hydrogen (secondary N) is 1. The van der Waals surface area contributed by atoms with E-state index in [0.717, 1.165) is 16.3 Å². The van der Waals surface area contributed by atoms with Crippen LogP contribution in [0.1, 0.15) is 27.9 Å². The molecule has 1 aliphatic heterocycles. The Bertz CT molecular complexity index is 1020. The third kappa shape index (κ3) is 2.42. The Morgan fingerprint density at radius 2 is 1.84 bits per heavy atom. The predicted octanol–water partition coefficient (Wildman–Crippen LogP) is 3.56. The number of hydrogen-bond acceptors (Lipinski definition) is 3. The summed E-state index contributed by atoms with van der Waals surface area (Å²) < 4.78 is 0. The van der Waals surface area contributed by atoms with E-state index in [9.17, 15) is 14.7 Å². The highest BCUT2D eigenvalue weighted by atomic mass is 16.3. The molecule has 0 unspecified atom stereocenters. The number of rotatable bonds is 3. The van der Waals surface area contributed by atoms with Gasteiger partial charge in [-0.05, 0) is 23.8 Å². The van der Waals surface area contributed by atoms with Crippen molar-refractivity contribution < 1.29 is 14.7 Å². The minimum absolute atomic E-state index is 0.260. The molecule has 4 rings (SSSR count). The van der Waals surface area contributed by atoms with Gasteiger partial charge in [0.15, 0.2) is 11.4 Å². The molecule has 0 aliphatic carbocycles. The number of hydrogen-bond donors (Lipinski definition) is 2. The Balaban J connectivity index is 1.76. The van der Waals surface area contributed by atoms with Crippen LogP contribution in [0.3, 0.4) is 0 Å². The first-order chi connectivity index (χ1) is 12.0. The van der Waals surface area contributed by atoms with Crippen LogP contribution in [0.2, 0.25) is 0 Å². The average molecular weight is 331 g/mol. The van der Waals surface area contributed by atoms with E-state index < -0.39 is 11.5 Å². The maximum absolute atomic E-state index is 12.9. The first kappa shape index (κ1) is 15.5. The number of aryl methyl sites for hydroxylation is 1. The second-order valence-corrected chi connectivity index (χ2v) is 6.49. The van der Waals surface area contributed by atoms with E-state index in [1.165, 1.54) is 0 Å². The summed E-state index contributed by atoms with van der Waals surface area (Å²) >= 11 is 0. The van der Waals surface area contributed by atoms with Gasteiger partial charge in [-0.1, -0.05) is 60.2 Å². The van der Waals surface area contributed by atoms with Crippen molar-refractivity contribution in [2.24, 2.45) is 0 Å². The van der Waals surface area contributed by atoms with Crippen LogP contribution in [0.4, 0.5) is 5.69 Å². The first-order valence-electron chi connectivity index (χ1n) is 8.15. The van der Waals surface area contributed by atoms with Gasteiger partial charge in [0.1, 0.15) is 0 Å². The van der Waals surface area contributed by atoms with Crippen LogP contribution in [0.5, 0.6) is 0 Å². The van der Waals surface area contributed by atoms with Crippen molar-refractivity contribution in [2.45, 2.75) is 18.9 Å². The largest absolute Gasteiger partial charge is 0.375 e. The third-order valence-electron chi connectivity index (χ3n) is 4.75. The van der Waals surface area contributed by atoms with E-state index in [4.69, 9.17) is 0 Å². The number of benzene rings is 3. The van der Waals surface area contributed by atoms with E-state index >= 15 is 0 Å². The third-order valence-corrected chi connectivity index (χ3v) is 4.75. The van der Waals surface area contributed by atoms with Gasteiger partial charge in [-0.25, -0.2) is 0 Å². The van der Waals surface area contributed by atoms with Crippen LogP contribution in [0.15, 0.2) is 60.7 Å². The van der Waals surface area contributed by atoms with Crippen molar-refractivity contribution in [1.29, 1.82) is 0 Å². The molecule has 0 saturated heterocycles. The minimum Gasteiger partial charge on any atom is -0.375 e. The van der Waals surface area contributed by atoms with Crippen molar-refractivity contribution in [3.8, 4) is 0 Å². The molecule has 1 heterocycles. The maximum Gasteiger partial charge on any atom is 0.261 e. The van der Waals surface area contributed by atoms with Gasteiger partial charge in [-0.3, -0.25) is 9.59 Å². The molecule has 0 bridgehead atoms. The molecule has 0 fully saturated rings. The zero-order valence-corrected chi connectivity index (χ0v) is 13.7. The zero-order valence-electron chi connectivity index (χ0n) is 13.7. The molecular weight excluding hydrogens is 314 g/mol. The van der Waals surface area contributed by atoms with Crippen LogP contribution < -0.4 is 5.32 Å². The van der Waals surface area contributed by atoms with Crippen molar-refractivity contribution in [1.82, 2.24) is 0 Å². The van der Waals surface area contributed by atoms with E-state index in [2.05, 4.69) is 5.32 Å². The summed E-state index contributed by atoms with van der Waals surface area (Å²) in [5.41, 5.74) is 0.622.